The summed E-state index contributed by atoms with van der Waals surface area (Å²) in [5.74, 6) is -0.0636. The number of carbonyl (C=O) groups is 1. The van der Waals surface area contributed by atoms with Gasteiger partial charge in [0.2, 0.25) is 0 Å². The molecule has 2 aromatic heterocycles. The fraction of sp³-hybridized carbons (Fsp3) is 0.316. The zero-order valence-electron chi connectivity index (χ0n) is 14.1. The molecule has 0 aliphatic carbocycles. The Bertz CT molecular complexity index is 922. The van der Waals surface area contributed by atoms with Gasteiger partial charge in [-0.05, 0) is 18.1 Å². The highest BCUT2D eigenvalue weighted by Gasteiger charge is 2.41. The summed E-state index contributed by atoms with van der Waals surface area (Å²) in [5.41, 5.74) is 2.69. The minimum Gasteiger partial charge on any atom is -0.395 e. The van der Waals surface area contributed by atoms with Gasteiger partial charge in [0.05, 0.1) is 18.5 Å². The van der Waals surface area contributed by atoms with Gasteiger partial charge in [-0.25, -0.2) is 9.97 Å². The zero-order chi connectivity index (χ0) is 17.4. The van der Waals surface area contributed by atoms with Crippen LogP contribution < -0.4 is 0 Å². The number of likely N-dealkylation sites (tertiary alicyclic amines) is 1. The predicted octanol–water partition coefficient (Wildman–Crippen LogP) is 1.74. The van der Waals surface area contributed by atoms with Crippen molar-refractivity contribution in [1.29, 1.82) is 0 Å². The van der Waals surface area contributed by atoms with Gasteiger partial charge < -0.3 is 14.6 Å². The number of nitrogens with zero attached hydrogens (tertiary/aromatic N) is 4. The number of fused-ring (bicyclic) bond motifs is 1. The molecule has 1 N–H and O–H groups in total. The van der Waals surface area contributed by atoms with E-state index in [1.54, 1.807) is 23.5 Å². The Hall–Kier alpha value is -2.73. The summed E-state index contributed by atoms with van der Waals surface area (Å²) >= 11 is 0. The largest absolute Gasteiger partial charge is 0.395 e. The average Bonchev–Trinajstić information content (AvgIpc) is 3.27. The van der Waals surface area contributed by atoms with Crippen molar-refractivity contribution in [2.75, 3.05) is 19.7 Å². The van der Waals surface area contributed by atoms with E-state index in [0.717, 1.165) is 17.6 Å². The number of pyridine rings is 1. The van der Waals surface area contributed by atoms with E-state index in [1.807, 2.05) is 41.9 Å². The number of imidazole rings is 1. The third-order valence-corrected chi connectivity index (χ3v) is 5.13. The Labute approximate surface area is 145 Å². The van der Waals surface area contributed by atoms with Crippen LogP contribution in [0.5, 0.6) is 0 Å². The molecule has 0 saturated carbocycles. The summed E-state index contributed by atoms with van der Waals surface area (Å²) in [7, 11) is 1.87. The number of amides is 1. The van der Waals surface area contributed by atoms with Crippen molar-refractivity contribution in [3.05, 3.63) is 60.0 Å². The highest BCUT2D eigenvalue weighted by atomic mass is 16.3. The Morgan fingerprint density at radius 1 is 1.28 bits per heavy atom. The summed E-state index contributed by atoms with van der Waals surface area (Å²) in [5, 5.41) is 10.0. The van der Waals surface area contributed by atoms with Crippen LogP contribution in [0.15, 0.2) is 48.9 Å². The van der Waals surface area contributed by atoms with E-state index in [0.29, 0.717) is 24.2 Å². The molecule has 1 atom stereocenters. The van der Waals surface area contributed by atoms with Crippen LogP contribution >= 0.6 is 0 Å². The molecule has 25 heavy (non-hydrogen) atoms. The van der Waals surface area contributed by atoms with Crippen LogP contribution in [0.4, 0.5) is 0 Å². The van der Waals surface area contributed by atoms with Gasteiger partial charge in [-0.3, -0.25) is 4.79 Å². The molecule has 0 radical (unpaired) electrons. The van der Waals surface area contributed by atoms with E-state index in [1.165, 1.54) is 0 Å². The fourth-order valence-electron chi connectivity index (χ4n) is 3.61. The first-order chi connectivity index (χ1) is 12.1. The number of aliphatic hydroxyl groups is 1. The fourth-order valence-corrected chi connectivity index (χ4v) is 3.61. The number of aromatic nitrogens is 3. The lowest BCUT2D eigenvalue weighted by Crippen LogP contribution is -2.37. The number of carbonyl (C=O) groups excluding carboxylic acids is 1. The molecule has 1 saturated heterocycles. The molecule has 128 valence electrons. The van der Waals surface area contributed by atoms with Gasteiger partial charge in [-0.15, -0.1) is 0 Å². The van der Waals surface area contributed by atoms with Gasteiger partial charge in [-0.2, -0.15) is 0 Å². The van der Waals surface area contributed by atoms with E-state index in [2.05, 4.69) is 9.97 Å². The SMILES string of the molecule is Cn1cnc2cc(C(=O)N3CCC(CO)(c4ccccc4)C3)cnc21. The lowest BCUT2D eigenvalue weighted by Gasteiger charge is -2.27. The number of hydrogen-bond donors (Lipinski definition) is 1. The Morgan fingerprint density at radius 2 is 2.08 bits per heavy atom. The highest BCUT2D eigenvalue weighted by molar-refractivity contribution is 5.96. The number of hydrogen-bond acceptors (Lipinski definition) is 4. The second-order valence-electron chi connectivity index (χ2n) is 6.70. The second-order valence-corrected chi connectivity index (χ2v) is 6.70. The van der Waals surface area contributed by atoms with E-state index in [4.69, 9.17) is 0 Å². The Balaban J connectivity index is 1.60. The molecule has 6 heteroatoms. The van der Waals surface area contributed by atoms with Crippen LogP contribution in [0, 0.1) is 0 Å². The van der Waals surface area contributed by atoms with Crippen molar-refractivity contribution in [1.82, 2.24) is 19.4 Å². The molecule has 0 bridgehead atoms. The van der Waals surface area contributed by atoms with Crippen LogP contribution in [0.25, 0.3) is 11.2 Å². The van der Waals surface area contributed by atoms with Crippen molar-refractivity contribution in [3.63, 3.8) is 0 Å². The van der Waals surface area contributed by atoms with Crippen molar-refractivity contribution in [2.45, 2.75) is 11.8 Å². The molecule has 1 amide bonds. The maximum absolute atomic E-state index is 12.9. The topological polar surface area (TPSA) is 71.2 Å². The summed E-state index contributed by atoms with van der Waals surface area (Å²) in [6.45, 7) is 1.15. The molecule has 1 unspecified atom stereocenters. The third-order valence-electron chi connectivity index (χ3n) is 5.13. The second kappa shape index (κ2) is 5.97. The first kappa shape index (κ1) is 15.8. The molecule has 1 fully saturated rings. The summed E-state index contributed by atoms with van der Waals surface area (Å²) in [4.78, 5) is 23.3. The average molecular weight is 336 g/mol. The molecule has 0 spiro atoms. The molecular formula is C19H20N4O2. The third kappa shape index (κ3) is 2.59. The van der Waals surface area contributed by atoms with Gasteiger partial charge in [0.25, 0.3) is 5.91 Å². The van der Waals surface area contributed by atoms with Crippen molar-refractivity contribution < 1.29 is 9.90 Å². The number of aryl methyl sites for hydroxylation is 1. The molecule has 1 aliphatic rings. The molecule has 1 aliphatic heterocycles. The molecular weight excluding hydrogens is 316 g/mol. The zero-order valence-corrected chi connectivity index (χ0v) is 14.1. The van der Waals surface area contributed by atoms with Gasteiger partial charge >= 0.3 is 0 Å². The van der Waals surface area contributed by atoms with Crippen LogP contribution in [-0.2, 0) is 12.5 Å². The van der Waals surface area contributed by atoms with Crippen molar-refractivity contribution in [2.24, 2.45) is 7.05 Å². The Kier molecular flexibility index (Phi) is 3.77. The number of aliphatic hydroxyl groups excluding tert-OH is 1. The number of rotatable bonds is 3. The van der Waals surface area contributed by atoms with E-state index in [-0.39, 0.29) is 17.9 Å². The van der Waals surface area contributed by atoms with Crippen LogP contribution in [0.1, 0.15) is 22.3 Å². The van der Waals surface area contributed by atoms with Crippen LogP contribution in [-0.4, -0.2) is 50.1 Å². The van der Waals surface area contributed by atoms with Crippen molar-refractivity contribution >= 4 is 17.1 Å². The number of benzene rings is 1. The van der Waals surface area contributed by atoms with Gasteiger partial charge in [0.15, 0.2) is 5.65 Å². The van der Waals surface area contributed by atoms with Crippen molar-refractivity contribution in [3.8, 4) is 0 Å². The van der Waals surface area contributed by atoms with Gasteiger partial charge in [0.1, 0.15) is 5.52 Å². The van der Waals surface area contributed by atoms with E-state index < -0.39 is 0 Å². The standard InChI is InChI=1S/C19H20N4O2/c1-22-13-21-16-9-14(10-20-17(16)22)18(25)23-8-7-19(11-23,12-24)15-5-3-2-4-6-15/h2-6,9-10,13,24H,7-8,11-12H2,1H3. The van der Waals surface area contributed by atoms with Gasteiger partial charge in [-0.1, -0.05) is 30.3 Å². The van der Waals surface area contributed by atoms with Gasteiger partial charge in [0, 0.05) is 31.7 Å². The minimum atomic E-state index is -0.389. The summed E-state index contributed by atoms with van der Waals surface area (Å²) < 4.78 is 1.83. The summed E-state index contributed by atoms with van der Waals surface area (Å²) in [6, 6.07) is 11.7. The van der Waals surface area contributed by atoms with Crippen LogP contribution in [0.2, 0.25) is 0 Å². The lowest BCUT2D eigenvalue weighted by atomic mass is 9.80. The normalized spacial score (nSPS) is 20.3. The smallest absolute Gasteiger partial charge is 0.255 e. The molecule has 1 aromatic carbocycles. The highest BCUT2D eigenvalue weighted by Crippen LogP contribution is 2.34. The first-order valence-electron chi connectivity index (χ1n) is 8.36. The molecule has 6 nitrogen and oxygen atoms in total. The quantitative estimate of drug-likeness (QED) is 0.791. The van der Waals surface area contributed by atoms with E-state index in [9.17, 15) is 9.90 Å². The first-order valence-corrected chi connectivity index (χ1v) is 8.36. The maximum atomic E-state index is 12.9. The Morgan fingerprint density at radius 3 is 2.84 bits per heavy atom. The predicted molar refractivity (Wildman–Crippen MR) is 94.2 cm³/mol. The minimum absolute atomic E-state index is 0.0261. The summed E-state index contributed by atoms with van der Waals surface area (Å²) in [6.07, 6.45) is 4.04. The molecule has 4 rings (SSSR count). The molecule has 3 aromatic rings. The monoisotopic (exact) mass is 336 g/mol. The van der Waals surface area contributed by atoms with Crippen LogP contribution in [0.3, 0.4) is 0 Å². The lowest BCUT2D eigenvalue weighted by molar-refractivity contribution is 0.0774. The van der Waals surface area contributed by atoms with E-state index >= 15 is 0 Å². The molecule has 3 heterocycles. The maximum Gasteiger partial charge on any atom is 0.255 e.